The minimum atomic E-state index is -4.49. The molecule has 1 amide bonds. The summed E-state index contributed by atoms with van der Waals surface area (Å²) in [6.07, 6.45) is -0.802. The quantitative estimate of drug-likeness (QED) is 0.312. The van der Waals surface area contributed by atoms with E-state index >= 15 is 0 Å². The van der Waals surface area contributed by atoms with Crippen molar-refractivity contribution in [1.29, 1.82) is 5.41 Å². The van der Waals surface area contributed by atoms with Gasteiger partial charge in [0.05, 0.1) is 30.3 Å². The van der Waals surface area contributed by atoms with Crippen molar-refractivity contribution in [3.8, 4) is 10.9 Å². The summed E-state index contributed by atoms with van der Waals surface area (Å²) < 4.78 is 56.4. The van der Waals surface area contributed by atoms with Crippen LogP contribution in [0.4, 0.5) is 18.9 Å². The molecule has 3 heterocycles. The van der Waals surface area contributed by atoms with Gasteiger partial charge in [0, 0.05) is 34.3 Å². The third kappa shape index (κ3) is 6.84. The smallest absolute Gasteiger partial charge is 0.390 e. The average Bonchev–Trinajstić information content (AvgIpc) is 3.42. The number of alkyl halides is 3. The number of thiazole rings is 1. The van der Waals surface area contributed by atoms with Crippen LogP contribution in [0.5, 0.6) is 5.19 Å². The lowest BCUT2D eigenvalue weighted by atomic mass is 10.3. The zero-order chi connectivity index (χ0) is 24.9. The third-order valence-electron chi connectivity index (χ3n) is 4.26. The van der Waals surface area contributed by atoms with Crippen molar-refractivity contribution >= 4 is 51.0 Å². The largest absolute Gasteiger partial charge is 0.446 e. The molecule has 0 aliphatic heterocycles. The van der Waals surface area contributed by atoms with E-state index in [-0.39, 0.29) is 16.0 Å². The molecule has 0 aliphatic carbocycles. The topological polar surface area (TPSA) is 114 Å². The normalized spacial score (nSPS) is 13.3. The summed E-state index contributed by atoms with van der Waals surface area (Å²) in [4.78, 5) is 22.2. The zero-order valence-corrected chi connectivity index (χ0v) is 19.9. The number of hydrogen-bond acceptors (Lipinski definition) is 8. The van der Waals surface area contributed by atoms with Crippen LogP contribution in [0.25, 0.3) is 5.69 Å². The molecule has 0 saturated heterocycles. The second-order valence-electron chi connectivity index (χ2n) is 6.78. The molecule has 0 radical (unpaired) electrons. The number of halogens is 4. The number of rotatable bonds is 10. The molecule has 2 atom stereocenters. The van der Waals surface area contributed by atoms with E-state index in [1.54, 1.807) is 23.7 Å². The van der Waals surface area contributed by atoms with Gasteiger partial charge in [-0.05, 0) is 19.1 Å². The summed E-state index contributed by atoms with van der Waals surface area (Å²) in [6.45, 7) is 1.50. The minimum Gasteiger partial charge on any atom is -0.446 e. The Hall–Kier alpha value is -2.84. The molecule has 3 aromatic heterocycles. The summed E-state index contributed by atoms with van der Waals surface area (Å²) in [6, 6.07) is 3.38. The number of anilines is 1. The van der Waals surface area contributed by atoms with Crippen LogP contribution in [0.3, 0.4) is 0 Å². The van der Waals surface area contributed by atoms with Gasteiger partial charge in [-0.15, -0.1) is 0 Å². The highest BCUT2D eigenvalue weighted by atomic mass is 35.5. The SMILES string of the molecule is CC(Oc1nccs1)N(C(=O)C(=N)CS(=O)CCC(F)(F)F)c1cn(-c2cccnc2)nc1Cl. The molecule has 0 aliphatic rings. The second kappa shape index (κ2) is 11.1. The molecule has 0 bridgehead atoms. The van der Waals surface area contributed by atoms with Crippen molar-refractivity contribution in [3.05, 3.63) is 47.5 Å². The standard InChI is InChI=1S/C19H18ClF3N6O3S2/c1-12(32-18-26-6-7-33-18)29(17(30)14(24)11-34(31)8-4-19(21,22)23)15-10-28(27-16(15)20)13-3-2-5-25-9-13/h2-3,5-7,9-10,12,24H,4,8,11H2,1H3. The van der Waals surface area contributed by atoms with Crippen molar-refractivity contribution < 1.29 is 26.9 Å². The molecule has 15 heteroatoms. The lowest BCUT2D eigenvalue weighted by Gasteiger charge is -2.27. The highest BCUT2D eigenvalue weighted by Crippen LogP contribution is 2.29. The highest BCUT2D eigenvalue weighted by molar-refractivity contribution is 7.85. The van der Waals surface area contributed by atoms with E-state index in [9.17, 15) is 22.2 Å². The number of carbonyl (C=O) groups excluding carboxylic acids is 1. The van der Waals surface area contributed by atoms with Crippen LogP contribution in [-0.4, -0.2) is 59.5 Å². The van der Waals surface area contributed by atoms with Crippen LogP contribution in [0.2, 0.25) is 5.15 Å². The lowest BCUT2D eigenvalue weighted by Crippen LogP contribution is -2.46. The predicted molar refractivity (Wildman–Crippen MR) is 122 cm³/mol. The maximum Gasteiger partial charge on any atom is 0.390 e. The Kier molecular flexibility index (Phi) is 8.38. The van der Waals surface area contributed by atoms with Crippen molar-refractivity contribution in [2.45, 2.75) is 25.7 Å². The molecule has 3 aromatic rings. The van der Waals surface area contributed by atoms with Crippen LogP contribution in [-0.2, 0) is 15.6 Å². The molecule has 1 N–H and O–H groups in total. The summed E-state index contributed by atoms with van der Waals surface area (Å²) >= 11 is 7.47. The van der Waals surface area contributed by atoms with Gasteiger partial charge in [0.1, 0.15) is 11.4 Å². The van der Waals surface area contributed by atoms with Gasteiger partial charge < -0.3 is 4.74 Å². The van der Waals surface area contributed by atoms with Gasteiger partial charge in [-0.1, -0.05) is 22.9 Å². The lowest BCUT2D eigenvalue weighted by molar-refractivity contribution is -0.129. The van der Waals surface area contributed by atoms with Crippen molar-refractivity contribution in [2.24, 2.45) is 0 Å². The fraction of sp³-hybridized carbons (Fsp3) is 0.316. The van der Waals surface area contributed by atoms with Crippen molar-refractivity contribution in [1.82, 2.24) is 19.7 Å². The van der Waals surface area contributed by atoms with Gasteiger partial charge in [0.25, 0.3) is 11.1 Å². The number of aromatic nitrogens is 4. The Labute approximate surface area is 203 Å². The molecule has 0 fully saturated rings. The third-order valence-corrected chi connectivity index (χ3v) is 6.46. The fourth-order valence-corrected chi connectivity index (χ4v) is 4.56. The van der Waals surface area contributed by atoms with E-state index in [0.717, 1.165) is 4.90 Å². The molecule has 182 valence electrons. The van der Waals surface area contributed by atoms with E-state index in [4.69, 9.17) is 21.7 Å². The summed E-state index contributed by atoms with van der Waals surface area (Å²) in [5, 5.41) is 14.1. The molecule has 0 spiro atoms. The Morgan fingerprint density at radius 1 is 1.41 bits per heavy atom. The van der Waals surface area contributed by atoms with Crippen molar-refractivity contribution in [3.63, 3.8) is 0 Å². The number of hydrogen-bond donors (Lipinski definition) is 1. The van der Waals surface area contributed by atoms with Crippen LogP contribution in [0.1, 0.15) is 13.3 Å². The van der Waals surface area contributed by atoms with Gasteiger partial charge >= 0.3 is 6.18 Å². The minimum absolute atomic E-state index is 0.0744. The number of amides is 1. The Morgan fingerprint density at radius 2 is 2.18 bits per heavy atom. The second-order valence-corrected chi connectivity index (χ2v) is 9.57. The van der Waals surface area contributed by atoms with Crippen molar-refractivity contribution in [2.75, 3.05) is 16.4 Å². The molecule has 34 heavy (non-hydrogen) atoms. The Balaban J connectivity index is 1.87. The first-order valence-corrected chi connectivity index (χ1v) is 12.3. The Bertz CT molecular complexity index is 1160. The van der Waals surface area contributed by atoms with E-state index < -0.39 is 52.7 Å². The van der Waals surface area contributed by atoms with Crippen LogP contribution in [0, 0.1) is 5.41 Å². The maximum absolute atomic E-state index is 13.2. The highest BCUT2D eigenvalue weighted by Gasteiger charge is 2.32. The number of nitrogens with one attached hydrogen (secondary N) is 1. The first kappa shape index (κ1) is 25.8. The van der Waals surface area contributed by atoms with Gasteiger partial charge in [-0.2, -0.15) is 18.3 Å². The Morgan fingerprint density at radius 3 is 2.79 bits per heavy atom. The van der Waals surface area contributed by atoms with E-state index in [2.05, 4.69) is 15.1 Å². The molecule has 2 unspecified atom stereocenters. The first-order valence-electron chi connectivity index (χ1n) is 9.59. The number of nitrogens with zero attached hydrogens (tertiary/aromatic N) is 5. The predicted octanol–water partition coefficient (Wildman–Crippen LogP) is 3.86. The van der Waals surface area contributed by atoms with Crippen LogP contribution < -0.4 is 9.64 Å². The summed E-state index contributed by atoms with van der Waals surface area (Å²) in [7, 11) is -2.07. The van der Waals surface area contributed by atoms with E-state index in [0.29, 0.717) is 5.69 Å². The number of pyridine rings is 1. The molecule has 3 rings (SSSR count). The molecule has 0 saturated carbocycles. The van der Waals surface area contributed by atoms with Crippen LogP contribution in [0.15, 0.2) is 42.3 Å². The van der Waals surface area contributed by atoms with Gasteiger partial charge in [-0.25, -0.2) is 9.67 Å². The first-order chi connectivity index (χ1) is 16.0. The van der Waals surface area contributed by atoms with E-state index in [1.807, 2.05) is 0 Å². The molecular formula is C19H18ClF3N6O3S2. The van der Waals surface area contributed by atoms with Gasteiger partial charge in [-0.3, -0.25) is 24.3 Å². The molecular weight excluding hydrogens is 517 g/mol. The number of ether oxygens (including phenoxy) is 1. The monoisotopic (exact) mass is 534 g/mol. The van der Waals surface area contributed by atoms with Gasteiger partial charge in [0.2, 0.25) is 0 Å². The summed E-state index contributed by atoms with van der Waals surface area (Å²) in [5.41, 5.74) is -0.0504. The average molecular weight is 535 g/mol. The zero-order valence-electron chi connectivity index (χ0n) is 17.5. The van der Waals surface area contributed by atoms with E-state index in [1.165, 1.54) is 41.5 Å². The maximum atomic E-state index is 13.2. The van der Waals surface area contributed by atoms with Gasteiger partial charge in [0.15, 0.2) is 11.4 Å². The summed E-state index contributed by atoms with van der Waals surface area (Å²) in [5.74, 6) is -2.33. The van der Waals surface area contributed by atoms with Crippen LogP contribution >= 0.6 is 22.9 Å². The number of carbonyl (C=O) groups is 1. The fourth-order valence-electron chi connectivity index (χ4n) is 2.73. The molecule has 0 aromatic carbocycles. The molecule has 9 nitrogen and oxygen atoms in total.